The molecule has 3 rings (SSSR count). The Morgan fingerprint density at radius 3 is 2.90 bits per heavy atom. The molecule has 0 spiro atoms. The van der Waals surface area contributed by atoms with Crippen molar-refractivity contribution in [2.24, 2.45) is 11.8 Å². The van der Waals surface area contributed by atoms with E-state index in [2.05, 4.69) is 31.3 Å². The van der Waals surface area contributed by atoms with Crippen LogP contribution in [-0.2, 0) is 4.79 Å². The summed E-state index contributed by atoms with van der Waals surface area (Å²) in [7, 11) is 0. The molecule has 3 nitrogen and oxygen atoms in total. The fourth-order valence-electron chi connectivity index (χ4n) is 4.18. The summed E-state index contributed by atoms with van der Waals surface area (Å²) < 4.78 is 0. The lowest BCUT2D eigenvalue weighted by molar-refractivity contribution is -0.119. The van der Waals surface area contributed by atoms with E-state index < -0.39 is 0 Å². The highest BCUT2D eigenvalue weighted by Gasteiger charge is 2.42. The molecule has 1 heterocycles. The van der Waals surface area contributed by atoms with Crippen LogP contribution in [0.25, 0.3) is 0 Å². The lowest BCUT2D eigenvalue weighted by Gasteiger charge is -2.37. The van der Waals surface area contributed by atoms with Gasteiger partial charge in [-0.3, -0.25) is 4.79 Å². The SMILES string of the molecule is Cc1cccc(C#N)c1C1CC(C)C2NC(=O)C[C@@H]2C1. The second-order valence-corrected chi connectivity index (χ2v) is 6.35. The van der Waals surface area contributed by atoms with Crippen molar-refractivity contribution in [2.45, 2.75) is 45.1 Å². The van der Waals surface area contributed by atoms with E-state index in [0.29, 0.717) is 30.2 Å². The average Bonchev–Trinajstić information content (AvgIpc) is 2.79. The van der Waals surface area contributed by atoms with Gasteiger partial charge in [0, 0.05) is 12.5 Å². The Kier molecular flexibility index (Phi) is 3.25. The van der Waals surface area contributed by atoms with Crippen LogP contribution in [0, 0.1) is 30.1 Å². The van der Waals surface area contributed by atoms with Crippen molar-refractivity contribution in [2.75, 3.05) is 0 Å². The second-order valence-electron chi connectivity index (χ2n) is 6.35. The molecule has 0 bridgehead atoms. The predicted molar refractivity (Wildman–Crippen MR) is 77.1 cm³/mol. The van der Waals surface area contributed by atoms with E-state index in [1.807, 2.05) is 12.1 Å². The second kappa shape index (κ2) is 4.94. The molecule has 1 N–H and O–H groups in total. The minimum Gasteiger partial charge on any atom is -0.353 e. The molecule has 0 radical (unpaired) electrons. The number of nitrogens with zero attached hydrogens (tertiary/aromatic N) is 1. The van der Waals surface area contributed by atoms with Crippen molar-refractivity contribution in [3.8, 4) is 6.07 Å². The first-order valence-electron chi connectivity index (χ1n) is 7.39. The van der Waals surface area contributed by atoms with Gasteiger partial charge in [-0.1, -0.05) is 19.1 Å². The summed E-state index contributed by atoms with van der Waals surface area (Å²) >= 11 is 0. The molecule has 1 saturated heterocycles. The van der Waals surface area contributed by atoms with Crippen molar-refractivity contribution in [1.29, 1.82) is 5.26 Å². The lowest BCUT2D eigenvalue weighted by Crippen LogP contribution is -2.40. The lowest BCUT2D eigenvalue weighted by atomic mass is 9.69. The largest absolute Gasteiger partial charge is 0.353 e. The number of hydrogen-bond donors (Lipinski definition) is 1. The number of nitriles is 1. The number of rotatable bonds is 1. The highest BCUT2D eigenvalue weighted by molar-refractivity contribution is 5.79. The molecule has 3 heteroatoms. The maximum Gasteiger partial charge on any atom is 0.220 e. The molecule has 20 heavy (non-hydrogen) atoms. The van der Waals surface area contributed by atoms with Crippen LogP contribution >= 0.6 is 0 Å². The highest BCUT2D eigenvalue weighted by atomic mass is 16.2. The fourth-order valence-corrected chi connectivity index (χ4v) is 4.18. The molecular weight excluding hydrogens is 248 g/mol. The van der Waals surface area contributed by atoms with Gasteiger partial charge in [-0.05, 0) is 54.7 Å². The molecule has 1 aliphatic carbocycles. The summed E-state index contributed by atoms with van der Waals surface area (Å²) in [5.41, 5.74) is 3.22. The van der Waals surface area contributed by atoms with Crippen LogP contribution < -0.4 is 5.32 Å². The summed E-state index contributed by atoms with van der Waals surface area (Å²) in [4.78, 5) is 11.6. The number of nitrogens with one attached hydrogen (secondary N) is 1. The number of benzene rings is 1. The number of amides is 1. The van der Waals surface area contributed by atoms with E-state index in [0.717, 1.165) is 18.4 Å². The van der Waals surface area contributed by atoms with Crippen molar-refractivity contribution in [3.05, 3.63) is 34.9 Å². The van der Waals surface area contributed by atoms with E-state index in [1.54, 1.807) is 0 Å². The van der Waals surface area contributed by atoms with Crippen molar-refractivity contribution < 1.29 is 4.79 Å². The third kappa shape index (κ3) is 2.10. The zero-order chi connectivity index (χ0) is 14.3. The number of carbonyl (C=O) groups excluding carboxylic acids is 1. The molecule has 104 valence electrons. The number of carbonyl (C=O) groups is 1. The van der Waals surface area contributed by atoms with E-state index in [1.165, 1.54) is 11.1 Å². The van der Waals surface area contributed by atoms with Gasteiger partial charge in [0.2, 0.25) is 5.91 Å². The van der Waals surface area contributed by atoms with E-state index >= 15 is 0 Å². The molecule has 3 unspecified atom stereocenters. The van der Waals surface area contributed by atoms with Crippen LogP contribution in [0.15, 0.2) is 18.2 Å². The fraction of sp³-hybridized carbons (Fsp3) is 0.529. The van der Waals surface area contributed by atoms with Gasteiger partial charge in [0.25, 0.3) is 0 Å². The van der Waals surface area contributed by atoms with Crippen LogP contribution in [0.2, 0.25) is 0 Å². The first-order chi connectivity index (χ1) is 9.60. The van der Waals surface area contributed by atoms with E-state index in [9.17, 15) is 10.1 Å². The molecule has 0 aromatic heterocycles. The summed E-state index contributed by atoms with van der Waals surface area (Å²) in [6.45, 7) is 4.31. The normalized spacial score (nSPS) is 32.4. The van der Waals surface area contributed by atoms with Crippen molar-refractivity contribution in [1.82, 2.24) is 5.32 Å². The molecular formula is C17H20N2O. The van der Waals surface area contributed by atoms with Crippen LogP contribution in [0.1, 0.15) is 48.8 Å². The standard InChI is InChI=1S/C17H20N2O/c1-10-4-3-5-12(9-18)16(10)13-6-11(2)17-14(7-13)8-15(20)19-17/h3-5,11,13-14,17H,6-8H2,1-2H3,(H,19,20)/t11?,13?,14-,17?/m0/s1. The Bertz CT molecular complexity index is 587. The summed E-state index contributed by atoms with van der Waals surface area (Å²) in [5.74, 6) is 1.52. The van der Waals surface area contributed by atoms with Gasteiger partial charge in [-0.2, -0.15) is 5.26 Å². The molecule has 2 aliphatic rings. The summed E-state index contributed by atoms with van der Waals surface area (Å²) in [6.07, 6.45) is 2.73. The molecule has 1 amide bonds. The van der Waals surface area contributed by atoms with Crippen molar-refractivity contribution >= 4 is 5.91 Å². The van der Waals surface area contributed by atoms with Gasteiger partial charge in [0.1, 0.15) is 0 Å². The number of fused-ring (bicyclic) bond motifs is 1. The monoisotopic (exact) mass is 268 g/mol. The molecule has 1 aromatic carbocycles. The quantitative estimate of drug-likeness (QED) is 0.851. The Hall–Kier alpha value is -1.82. The first-order valence-corrected chi connectivity index (χ1v) is 7.39. The van der Waals surface area contributed by atoms with Gasteiger partial charge in [0.15, 0.2) is 0 Å². The van der Waals surface area contributed by atoms with Gasteiger partial charge in [0.05, 0.1) is 11.6 Å². The zero-order valence-corrected chi connectivity index (χ0v) is 12.0. The minimum atomic E-state index is 0.192. The van der Waals surface area contributed by atoms with E-state index in [-0.39, 0.29) is 5.91 Å². The number of hydrogen-bond acceptors (Lipinski definition) is 2. The van der Waals surface area contributed by atoms with E-state index in [4.69, 9.17) is 0 Å². The Morgan fingerprint density at radius 2 is 2.15 bits per heavy atom. The Morgan fingerprint density at radius 1 is 1.35 bits per heavy atom. The zero-order valence-electron chi connectivity index (χ0n) is 12.0. The molecule has 1 aromatic rings. The van der Waals surface area contributed by atoms with Gasteiger partial charge >= 0.3 is 0 Å². The van der Waals surface area contributed by atoms with Crippen LogP contribution in [0.3, 0.4) is 0 Å². The smallest absolute Gasteiger partial charge is 0.220 e. The molecule has 4 atom stereocenters. The predicted octanol–water partition coefficient (Wildman–Crippen LogP) is 2.88. The third-order valence-corrected chi connectivity index (χ3v) is 4.99. The summed E-state index contributed by atoms with van der Waals surface area (Å²) in [5, 5.41) is 12.5. The average molecular weight is 268 g/mol. The first kappa shape index (κ1) is 13.2. The molecule has 1 saturated carbocycles. The van der Waals surface area contributed by atoms with Crippen LogP contribution in [0.4, 0.5) is 0 Å². The molecule has 2 fully saturated rings. The number of aryl methyl sites for hydroxylation is 1. The van der Waals surface area contributed by atoms with Gasteiger partial charge in [-0.15, -0.1) is 0 Å². The minimum absolute atomic E-state index is 0.192. The Labute approximate surface area is 120 Å². The maximum atomic E-state index is 11.6. The van der Waals surface area contributed by atoms with Crippen LogP contribution in [-0.4, -0.2) is 11.9 Å². The third-order valence-electron chi connectivity index (χ3n) is 4.99. The van der Waals surface area contributed by atoms with Crippen molar-refractivity contribution in [3.63, 3.8) is 0 Å². The van der Waals surface area contributed by atoms with Gasteiger partial charge in [-0.25, -0.2) is 0 Å². The van der Waals surface area contributed by atoms with Gasteiger partial charge < -0.3 is 5.32 Å². The highest BCUT2D eigenvalue weighted by Crippen LogP contribution is 2.44. The topological polar surface area (TPSA) is 52.9 Å². The maximum absolute atomic E-state index is 11.6. The Balaban J connectivity index is 1.93. The van der Waals surface area contributed by atoms with Crippen LogP contribution in [0.5, 0.6) is 0 Å². The summed E-state index contributed by atoms with van der Waals surface area (Å²) in [6, 6.07) is 8.63. The molecule has 1 aliphatic heterocycles.